The molecule has 0 fully saturated rings. The summed E-state index contributed by atoms with van der Waals surface area (Å²) in [6.45, 7) is 0. The van der Waals surface area contributed by atoms with E-state index < -0.39 is 5.82 Å². The van der Waals surface area contributed by atoms with Crippen LogP contribution in [0.2, 0.25) is 10.2 Å². The fourth-order valence-electron chi connectivity index (χ4n) is 1.81. The highest BCUT2D eigenvalue weighted by atomic mass is 35.5. The van der Waals surface area contributed by atoms with E-state index in [0.29, 0.717) is 16.2 Å². The highest BCUT2D eigenvalue weighted by Gasteiger charge is 2.10. The van der Waals surface area contributed by atoms with E-state index in [4.69, 9.17) is 23.2 Å². The van der Waals surface area contributed by atoms with Gasteiger partial charge in [0.05, 0.1) is 0 Å². The van der Waals surface area contributed by atoms with Crippen LogP contribution in [0.4, 0.5) is 4.39 Å². The van der Waals surface area contributed by atoms with Crippen molar-refractivity contribution in [2.75, 3.05) is 0 Å². The van der Waals surface area contributed by atoms with Crippen LogP contribution in [0, 0.1) is 5.82 Å². The van der Waals surface area contributed by atoms with E-state index in [0.717, 1.165) is 5.56 Å². The van der Waals surface area contributed by atoms with Crippen LogP contribution in [0.1, 0.15) is 0 Å². The van der Waals surface area contributed by atoms with Crippen molar-refractivity contribution in [1.82, 2.24) is 9.97 Å². The molecule has 94 valence electrons. The third kappa shape index (κ3) is 2.27. The molecule has 0 spiro atoms. The van der Waals surface area contributed by atoms with Gasteiger partial charge in [0.15, 0.2) is 5.82 Å². The van der Waals surface area contributed by atoms with Crippen LogP contribution in [0.25, 0.3) is 22.3 Å². The smallest absolute Gasteiger partial charge is 0.161 e. The Morgan fingerprint density at radius 3 is 2.37 bits per heavy atom. The van der Waals surface area contributed by atoms with Gasteiger partial charge in [-0.15, -0.1) is 0 Å². The molecule has 0 radical (unpaired) electrons. The van der Waals surface area contributed by atoms with E-state index in [2.05, 4.69) is 9.97 Å². The number of nitrogens with zero attached hydrogens (tertiary/aromatic N) is 2. The van der Waals surface area contributed by atoms with E-state index in [9.17, 15) is 4.39 Å². The molecule has 3 aromatic rings. The fourth-order valence-corrected chi connectivity index (χ4v) is 2.17. The van der Waals surface area contributed by atoms with Gasteiger partial charge in [0.25, 0.3) is 0 Å². The molecule has 0 atom stereocenters. The molecule has 0 saturated carbocycles. The van der Waals surface area contributed by atoms with Gasteiger partial charge in [0, 0.05) is 16.0 Å². The Balaban J connectivity index is 2.25. The monoisotopic (exact) mass is 292 g/mol. The number of hydrogen-bond donors (Lipinski definition) is 0. The van der Waals surface area contributed by atoms with Crippen LogP contribution in [0.5, 0.6) is 0 Å². The zero-order chi connectivity index (χ0) is 13.4. The molecule has 3 rings (SSSR count). The summed E-state index contributed by atoms with van der Waals surface area (Å²) in [6.07, 6.45) is 0. The lowest BCUT2D eigenvalue weighted by molar-refractivity contribution is 0.636. The summed E-state index contributed by atoms with van der Waals surface area (Å²) < 4.78 is 13.8. The SMILES string of the molecule is Fc1cccc2c(Cl)nc(-c3ccc(Cl)cc3)nc12. The van der Waals surface area contributed by atoms with Crippen molar-refractivity contribution < 1.29 is 4.39 Å². The quantitative estimate of drug-likeness (QED) is 0.605. The third-order valence-corrected chi connectivity index (χ3v) is 3.27. The lowest BCUT2D eigenvalue weighted by atomic mass is 10.2. The lowest BCUT2D eigenvalue weighted by Gasteiger charge is -2.05. The molecule has 0 aliphatic rings. The number of para-hydroxylation sites is 1. The minimum Gasteiger partial charge on any atom is -0.225 e. The van der Waals surface area contributed by atoms with Gasteiger partial charge in [-0.25, -0.2) is 14.4 Å². The molecule has 0 bridgehead atoms. The summed E-state index contributed by atoms with van der Waals surface area (Å²) >= 11 is 11.9. The van der Waals surface area contributed by atoms with Crippen LogP contribution in [0.3, 0.4) is 0 Å². The van der Waals surface area contributed by atoms with Gasteiger partial charge in [-0.2, -0.15) is 0 Å². The Hall–Kier alpha value is -1.71. The highest BCUT2D eigenvalue weighted by molar-refractivity contribution is 6.34. The lowest BCUT2D eigenvalue weighted by Crippen LogP contribution is -1.93. The number of benzene rings is 2. The Labute approximate surface area is 118 Å². The summed E-state index contributed by atoms with van der Waals surface area (Å²) in [5.74, 6) is -0.0451. The van der Waals surface area contributed by atoms with Crippen molar-refractivity contribution in [3.8, 4) is 11.4 Å². The van der Waals surface area contributed by atoms with Gasteiger partial charge in [0.2, 0.25) is 0 Å². The topological polar surface area (TPSA) is 25.8 Å². The second kappa shape index (κ2) is 4.76. The number of hydrogen-bond acceptors (Lipinski definition) is 2. The maximum absolute atomic E-state index is 13.8. The predicted molar refractivity (Wildman–Crippen MR) is 75.0 cm³/mol. The van der Waals surface area contributed by atoms with Gasteiger partial charge < -0.3 is 0 Å². The molecule has 0 amide bonds. The highest BCUT2D eigenvalue weighted by Crippen LogP contribution is 2.26. The van der Waals surface area contributed by atoms with Crippen molar-refractivity contribution in [2.24, 2.45) is 0 Å². The maximum atomic E-state index is 13.8. The average molecular weight is 293 g/mol. The molecule has 5 heteroatoms. The summed E-state index contributed by atoms with van der Waals surface area (Å²) in [5, 5.41) is 1.34. The second-order valence-electron chi connectivity index (χ2n) is 3.98. The first kappa shape index (κ1) is 12.3. The van der Waals surface area contributed by atoms with Crippen molar-refractivity contribution in [2.45, 2.75) is 0 Å². The zero-order valence-electron chi connectivity index (χ0n) is 9.57. The molecule has 1 heterocycles. The molecule has 0 aliphatic heterocycles. The van der Waals surface area contributed by atoms with Crippen LogP contribution in [-0.4, -0.2) is 9.97 Å². The summed E-state index contributed by atoms with van der Waals surface area (Å²) in [7, 11) is 0. The number of aromatic nitrogens is 2. The molecule has 19 heavy (non-hydrogen) atoms. The van der Waals surface area contributed by atoms with Gasteiger partial charge >= 0.3 is 0 Å². The molecular formula is C14H7Cl2FN2. The van der Waals surface area contributed by atoms with Crippen LogP contribution in [-0.2, 0) is 0 Å². The van der Waals surface area contributed by atoms with E-state index in [1.54, 1.807) is 36.4 Å². The Bertz CT molecular complexity index is 757. The first-order valence-corrected chi connectivity index (χ1v) is 6.28. The van der Waals surface area contributed by atoms with Crippen LogP contribution < -0.4 is 0 Å². The summed E-state index contributed by atoms with van der Waals surface area (Å²) in [6, 6.07) is 11.6. The van der Waals surface area contributed by atoms with Gasteiger partial charge in [-0.05, 0) is 36.4 Å². The number of halogens is 3. The van der Waals surface area contributed by atoms with Gasteiger partial charge in [0.1, 0.15) is 16.5 Å². The minimum atomic E-state index is -0.419. The molecule has 0 saturated heterocycles. The van der Waals surface area contributed by atoms with E-state index in [-0.39, 0.29) is 10.7 Å². The summed E-state index contributed by atoms with van der Waals surface area (Å²) in [4.78, 5) is 8.41. The maximum Gasteiger partial charge on any atom is 0.161 e. The Morgan fingerprint density at radius 2 is 1.63 bits per heavy atom. The Kier molecular flexibility index (Phi) is 3.09. The second-order valence-corrected chi connectivity index (χ2v) is 4.78. The first-order chi connectivity index (χ1) is 9.15. The molecule has 2 aromatic carbocycles. The van der Waals surface area contributed by atoms with Crippen LogP contribution >= 0.6 is 23.2 Å². The standard InChI is InChI=1S/C14H7Cl2FN2/c15-9-6-4-8(5-7-9)14-18-12-10(13(16)19-14)2-1-3-11(12)17/h1-7H. The molecule has 0 unspecified atom stereocenters. The predicted octanol–water partition coefficient (Wildman–Crippen LogP) is 4.74. The van der Waals surface area contributed by atoms with Crippen molar-refractivity contribution >= 4 is 34.1 Å². The fraction of sp³-hybridized carbons (Fsp3) is 0. The molecule has 1 aromatic heterocycles. The number of rotatable bonds is 1. The largest absolute Gasteiger partial charge is 0.225 e. The van der Waals surface area contributed by atoms with Gasteiger partial charge in [-0.3, -0.25) is 0 Å². The molecule has 2 nitrogen and oxygen atoms in total. The first-order valence-electron chi connectivity index (χ1n) is 5.53. The zero-order valence-corrected chi connectivity index (χ0v) is 11.1. The van der Waals surface area contributed by atoms with E-state index in [1.807, 2.05) is 0 Å². The molecule has 0 N–H and O–H groups in total. The molecular weight excluding hydrogens is 286 g/mol. The van der Waals surface area contributed by atoms with E-state index >= 15 is 0 Å². The summed E-state index contributed by atoms with van der Waals surface area (Å²) in [5.41, 5.74) is 0.948. The average Bonchev–Trinajstić information content (AvgIpc) is 2.41. The molecule has 0 aliphatic carbocycles. The van der Waals surface area contributed by atoms with Crippen molar-refractivity contribution in [1.29, 1.82) is 0 Å². The Morgan fingerprint density at radius 1 is 0.895 bits per heavy atom. The number of fused-ring (bicyclic) bond motifs is 1. The van der Waals surface area contributed by atoms with Crippen molar-refractivity contribution in [3.05, 3.63) is 58.5 Å². The normalized spacial score (nSPS) is 10.9. The van der Waals surface area contributed by atoms with Gasteiger partial charge in [-0.1, -0.05) is 29.3 Å². The van der Waals surface area contributed by atoms with E-state index in [1.165, 1.54) is 6.07 Å². The van der Waals surface area contributed by atoms with Crippen LogP contribution in [0.15, 0.2) is 42.5 Å². The minimum absolute atomic E-state index is 0.215. The van der Waals surface area contributed by atoms with Crippen molar-refractivity contribution in [3.63, 3.8) is 0 Å². The third-order valence-electron chi connectivity index (χ3n) is 2.73.